The number of nitrogens with zero attached hydrogens (tertiary/aromatic N) is 5. The van der Waals surface area contributed by atoms with Crippen molar-refractivity contribution < 1.29 is 0 Å². The minimum absolute atomic E-state index is 0.177. The summed E-state index contributed by atoms with van der Waals surface area (Å²) in [6, 6.07) is 0. The van der Waals surface area contributed by atoms with Crippen LogP contribution >= 0.6 is 23.4 Å². The molecule has 0 radical (unpaired) electrons. The fourth-order valence-electron chi connectivity index (χ4n) is 1.81. The average Bonchev–Trinajstić information content (AvgIpc) is 2.45. The fraction of sp³-hybridized carbons (Fsp3) is 0.231. The van der Waals surface area contributed by atoms with Crippen LogP contribution in [0.2, 0.25) is 5.28 Å². The van der Waals surface area contributed by atoms with Crippen LogP contribution in [-0.4, -0.2) is 39.3 Å². The van der Waals surface area contributed by atoms with Crippen molar-refractivity contribution in [2.24, 2.45) is 0 Å². The van der Waals surface area contributed by atoms with E-state index in [1.54, 1.807) is 12.2 Å². The van der Waals surface area contributed by atoms with Crippen molar-refractivity contribution in [3.05, 3.63) is 36.9 Å². The van der Waals surface area contributed by atoms with Gasteiger partial charge >= 0.3 is 0 Å². The summed E-state index contributed by atoms with van der Waals surface area (Å²) in [5.74, 6) is 0.664. The largest absolute Gasteiger partial charge is 0.347 e. The van der Waals surface area contributed by atoms with E-state index in [0.29, 0.717) is 29.9 Å². The van der Waals surface area contributed by atoms with Gasteiger partial charge in [-0.15, -0.1) is 24.9 Å². The van der Waals surface area contributed by atoms with E-state index in [2.05, 4.69) is 33.1 Å². The van der Waals surface area contributed by atoms with Gasteiger partial charge in [0, 0.05) is 13.1 Å². The number of fused-ring (bicyclic) bond motifs is 1. The lowest BCUT2D eigenvalue weighted by molar-refractivity contribution is 0.919. The van der Waals surface area contributed by atoms with E-state index in [9.17, 15) is 0 Å². The summed E-state index contributed by atoms with van der Waals surface area (Å²) in [5, 5.41) is 0.952. The second-order valence-electron chi connectivity index (χ2n) is 3.88. The molecule has 0 aromatic carbocycles. The molecule has 2 heterocycles. The van der Waals surface area contributed by atoms with Crippen molar-refractivity contribution >= 4 is 40.2 Å². The summed E-state index contributed by atoms with van der Waals surface area (Å²) in [6.45, 7) is 8.75. The molecule has 0 saturated carbocycles. The van der Waals surface area contributed by atoms with Crippen LogP contribution in [0.5, 0.6) is 0 Å². The number of aromatic nitrogens is 4. The molecule has 20 heavy (non-hydrogen) atoms. The van der Waals surface area contributed by atoms with Crippen molar-refractivity contribution in [2.75, 3.05) is 24.2 Å². The smallest absolute Gasteiger partial charge is 0.225 e. The van der Waals surface area contributed by atoms with Gasteiger partial charge in [0.2, 0.25) is 5.28 Å². The summed E-state index contributed by atoms with van der Waals surface area (Å²) >= 11 is 7.53. The van der Waals surface area contributed by atoms with Crippen LogP contribution in [0.15, 0.2) is 36.7 Å². The molecule has 0 bridgehead atoms. The zero-order valence-electron chi connectivity index (χ0n) is 11.1. The second-order valence-corrected chi connectivity index (χ2v) is 5.01. The van der Waals surface area contributed by atoms with E-state index in [4.69, 9.17) is 11.6 Å². The minimum Gasteiger partial charge on any atom is -0.347 e. The first kappa shape index (κ1) is 14.7. The minimum atomic E-state index is 0.177. The van der Waals surface area contributed by atoms with Crippen LogP contribution in [-0.2, 0) is 0 Å². The molecule has 0 atom stereocenters. The van der Waals surface area contributed by atoms with Gasteiger partial charge in [0.25, 0.3) is 0 Å². The van der Waals surface area contributed by atoms with Crippen LogP contribution in [0.1, 0.15) is 0 Å². The first-order valence-corrected chi connectivity index (χ1v) is 7.50. The molecule has 0 unspecified atom stereocenters. The third-order valence-electron chi connectivity index (χ3n) is 2.59. The van der Waals surface area contributed by atoms with Crippen LogP contribution in [0, 0.1) is 0 Å². The quantitative estimate of drug-likeness (QED) is 0.354. The molecule has 0 aliphatic rings. The Morgan fingerprint density at radius 2 is 1.90 bits per heavy atom. The highest BCUT2D eigenvalue weighted by Gasteiger charge is 2.16. The summed E-state index contributed by atoms with van der Waals surface area (Å²) in [5.41, 5.74) is 1.34. The SMILES string of the molecule is C=CCN(CC=C)c1nc(Cl)nc2c(SC)ncnc12. The maximum absolute atomic E-state index is 6.03. The van der Waals surface area contributed by atoms with E-state index in [0.717, 1.165) is 5.03 Å². The summed E-state index contributed by atoms with van der Waals surface area (Å²) < 4.78 is 0. The van der Waals surface area contributed by atoms with Gasteiger partial charge in [-0.25, -0.2) is 15.0 Å². The summed E-state index contributed by atoms with van der Waals surface area (Å²) in [7, 11) is 0. The Morgan fingerprint density at radius 1 is 1.20 bits per heavy atom. The highest BCUT2D eigenvalue weighted by Crippen LogP contribution is 2.28. The van der Waals surface area contributed by atoms with Crippen molar-refractivity contribution in [3.8, 4) is 0 Å². The summed E-state index contributed by atoms with van der Waals surface area (Å²) in [4.78, 5) is 19.0. The first-order valence-electron chi connectivity index (χ1n) is 5.90. The van der Waals surface area contributed by atoms with Crippen LogP contribution in [0.3, 0.4) is 0 Å². The molecular formula is C13H14ClN5S. The van der Waals surface area contributed by atoms with Crippen molar-refractivity contribution in [1.29, 1.82) is 0 Å². The van der Waals surface area contributed by atoms with Crippen molar-refractivity contribution in [2.45, 2.75) is 5.03 Å². The Hall–Kier alpha value is -1.66. The van der Waals surface area contributed by atoms with Crippen molar-refractivity contribution in [3.63, 3.8) is 0 Å². The van der Waals surface area contributed by atoms with Gasteiger partial charge in [0.05, 0.1) is 0 Å². The molecule has 5 nitrogen and oxygen atoms in total. The number of anilines is 1. The Bertz CT molecular complexity index is 636. The third kappa shape index (κ3) is 2.91. The van der Waals surface area contributed by atoms with Gasteiger partial charge in [-0.3, -0.25) is 0 Å². The number of halogens is 1. The molecule has 104 valence electrons. The van der Waals surface area contributed by atoms with Gasteiger partial charge in [0.15, 0.2) is 5.82 Å². The lowest BCUT2D eigenvalue weighted by atomic mass is 10.3. The molecule has 0 spiro atoms. The number of hydrogen-bond donors (Lipinski definition) is 0. The van der Waals surface area contributed by atoms with Gasteiger partial charge in [-0.2, -0.15) is 4.98 Å². The molecular weight excluding hydrogens is 294 g/mol. The second kappa shape index (κ2) is 6.67. The van der Waals surface area contributed by atoms with Gasteiger partial charge in [-0.05, 0) is 17.9 Å². The van der Waals surface area contributed by atoms with E-state index < -0.39 is 0 Å². The highest BCUT2D eigenvalue weighted by atomic mass is 35.5. The molecule has 0 saturated heterocycles. The van der Waals surface area contributed by atoms with E-state index >= 15 is 0 Å². The lowest BCUT2D eigenvalue weighted by Crippen LogP contribution is -2.25. The molecule has 7 heteroatoms. The third-order valence-corrected chi connectivity index (χ3v) is 3.45. The Kier molecular flexibility index (Phi) is 4.92. The molecule has 0 aliphatic carbocycles. The van der Waals surface area contributed by atoms with E-state index in [-0.39, 0.29) is 5.28 Å². The monoisotopic (exact) mass is 307 g/mol. The van der Waals surface area contributed by atoms with Crippen LogP contribution in [0.25, 0.3) is 11.0 Å². The zero-order valence-corrected chi connectivity index (χ0v) is 12.7. The van der Waals surface area contributed by atoms with Gasteiger partial charge in [-0.1, -0.05) is 12.2 Å². The van der Waals surface area contributed by atoms with Crippen molar-refractivity contribution in [1.82, 2.24) is 19.9 Å². The Balaban J connectivity index is 2.67. The highest BCUT2D eigenvalue weighted by molar-refractivity contribution is 7.98. The number of thioether (sulfide) groups is 1. The number of hydrogen-bond acceptors (Lipinski definition) is 6. The van der Waals surface area contributed by atoms with E-state index in [1.165, 1.54) is 18.1 Å². The molecule has 2 aromatic heterocycles. The van der Waals surface area contributed by atoms with Crippen LogP contribution in [0.4, 0.5) is 5.82 Å². The normalized spacial score (nSPS) is 10.5. The standard InChI is InChI=1S/C13H14ClN5S/c1-4-6-19(7-5-2)11-9-10(17-13(14)18-11)12(20-3)16-8-15-9/h4-5,8H,1-2,6-7H2,3H3. The number of rotatable bonds is 6. The molecule has 0 fully saturated rings. The molecule has 0 N–H and O–H groups in total. The van der Waals surface area contributed by atoms with E-state index in [1.807, 2.05) is 11.2 Å². The lowest BCUT2D eigenvalue weighted by Gasteiger charge is -2.21. The first-order chi connectivity index (χ1) is 9.71. The summed E-state index contributed by atoms with van der Waals surface area (Å²) in [6.07, 6.45) is 7.03. The maximum atomic E-state index is 6.03. The molecule has 0 amide bonds. The Labute approximate surface area is 126 Å². The molecule has 0 aliphatic heterocycles. The predicted molar refractivity (Wildman–Crippen MR) is 84.5 cm³/mol. The maximum Gasteiger partial charge on any atom is 0.225 e. The topological polar surface area (TPSA) is 54.8 Å². The van der Waals surface area contributed by atoms with Gasteiger partial charge in [0.1, 0.15) is 22.4 Å². The van der Waals surface area contributed by atoms with Crippen LogP contribution < -0.4 is 4.90 Å². The molecule has 2 rings (SSSR count). The van der Waals surface area contributed by atoms with Gasteiger partial charge < -0.3 is 4.90 Å². The average molecular weight is 308 g/mol. The molecule has 2 aromatic rings. The zero-order chi connectivity index (χ0) is 14.5. The predicted octanol–water partition coefficient (Wildman–Crippen LogP) is 2.97. The Morgan fingerprint density at radius 3 is 2.50 bits per heavy atom. The fourth-order valence-corrected chi connectivity index (χ4v) is 2.47.